The van der Waals surface area contributed by atoms with Crippen LogP contribution in [0.15, 0.2) is 42.5 Å². The van der Waals surface area contributed by atoms with E-state index in [1.807, 2.05) is 18.2 Å². The minimum atomic E-state index is -0.245. The molecule has 1 unspecified atom stereocenters. The molecule has 0 aliphatic rings. The van der Waals surface area contributed by atoms with Crippen LogP contribution in [0.4, 0.5) is 4.39 Å². The van der Waals surface area contributed by atoms with Gasteiger partial charge in [-0.15, -0.1) is 0 Å². The second-order valence-corrected chi connectivity index (χ2v) is 5.30. The van der Waals surface area contributed by atoms with Crippen molar-refractivity contribution in [3.05, 3.63) is 69.5 Å². The van der Waals surface area contributed by atoms with E-state index >= 15 is 0 Å². The monoisotopic (exact) mass is 297 g/mol. The predicted molar refractivity (Wildman–Crippen MR) is 78.2 cm³/mol. The Kier molecular flexibility index (Phi) is 4.81. The molecular formula is C15H14Cl2FN. The number of halogens is 3. The van der Waals surface area contributed by atoms with E-state index in [1.54, 1.807) is 12.1 Å². The number of hydrogen-bond donors (Lipinski definition) is 1. The van der Waals surface area contributed by atoms with Crippen LogP contribution in [0.1, 0.15) is 11.1 Å². The average Bonchev–Trinajstić information content (AvgIpc) is 2.35. The van der Waals surface area contributed by atoms with Crippen molar-refractivity contribution in [3.63, 3.8) is 0 Å². The third kappa shape index (κ3) is 3.93. The lowest BCUT2D eigenvalue weighted by atomic mass is 10.00. The molecule has 0 spiro atoms. The van der Waals surface area contributed by atoms with Gasteiger partial charge in [-0.2, -0.15) is 0 Å². The zero-order valence-corrected chi connectivity index (χ0v) is 11.8. The second kappa shape index (κ2) is 6.38. The first-order valence-electron chi connectivity index (χ1n) is 5.99. The third-order valence-corrected chi connectivity index (χ3v) is 3.76. The van der Waals surface area contributed by atoms with E-state index in [0.717, 1.165) is 11.1 Å². The summed E-state index contributed by atoms with van der Waals surface area (Å²) in [6.45, 7) is 0. The third-order valence-electron chi connectivity index (χ3n) is 2.90. The smallest absolute Gasteiger partial charge is 0.123 e. The average molecular weight is 298 g/mol. The van der Waals surface area contributed by atoms with Gasteiger partial charge >= 0.3 is 0 Å². The van der Waals surface area contributed by atoms with Gasteiger partial charge in [-0.05, 0) is 42.2 Å². The summed E-state index contributed by atoms with van der Waals surface area (Å²) in [4.78, 5) is 0. The van der Waals surface area contributed by atoms with Crippen LogP contribution in [-0.2, 0) is 12.8 Å². The molecule has 0 fully saturated rings. The Bertz CT molecular complexity index is 572. The van der Waals surface area contributed by atoms with Crippen molar-refractivity contribution in [3.8, 4) is 0 Å². The summed E-state index contributed by atoms with van der Waals surface area (Å²) in [5, 5.41) is 1.07. The molecule has 1 nitrogen and oxygen atoms in total. The van der Waals surface area contributed by atoms with Crippen molar-refractivity contribution in [2.45, 2.75) is 18.9 Å². The van der Waals surface area contributed by atoms with Crippen LogP contribution < -0.4 is 5.73 Å². The van der Waals surface area contributed by atoms with Crippen molar-refractivity contribution in [1.29, 1.82) is 0 Å². The maximum atomic E-state index is 13.1. The summed E-state index contributed by atoms with van der Waals surface area (Å²) in [7, 11) is 0. The zero-order valence-electron chi connectivity index (χ0n) is 10.2. The Morgan fingerprint density at radius 3 is 2.53 bits per heavy atom. The van der Waals surface area contributed by atoms with Crippen LogP contribution in [0.25, 0.3) is 0 Å². The fourth-order valence-electron chi connectivity index (χ4n) is 2.03. The molecule has 0 aromatic heterocycles. The van der Waals surface area contributed by atoms with Gasteiger partial charge in [0.2, 0.25) is 0 Å². The number of benzene rings is 2. The van der Waals surface area contributed by atoms with E-state index in [4.69, 9.17) is 28.9 Å². The van der Waals surface area contributed by atoms with Gasteiger partial charge in [0.1, 0.15) is 5.82 Å². The van der Waals surface area contributed by atoms with Gasteiger partial charge in [-0.25, -0.2) is 4.39 Å². The summed E-state index contributed by atoms with van der Waals surface area (Å²) in [6, 6.07) is 11.8. The van der Waals surface area contributed by atoms with Crippen LogP contribution in [0.2, 0.25) is 10.0 Å². The van der Waals surface area contributed by atoms with Crippen LogP contribution >= 0.6 is 23.2 Å². The highest BCUT2D eigenvalue weighted by Crippen LogP contribution is 2.26. The first kappa shape index (κ1) is 14.3. The zero-order chi connectivity index (χ0) is 13.8. The molecule has 2 aromatic carbocycles. The fraction of sp³-hybridized carbons (Fsp3) is 0.200. The van der Waals surface area contributed by atoms with Crippen LogP contribution in [0, 0.1) is 5.82 Å². The first-order chi connectivity index (χ1) is 9.06. The lowest BCUT2D eigenvalue weighted by Gasteiger charge is -2.13. The Labute approximate surface area is 122 Å². The van der Waals surface area contributed by atoms with Crippen molar-refractivity contribution in [2.24, 2.45) is 5.73 Å². The highest BCUT2D eigenvalue weighted by atomic mass is 35.5. The van der Waals surface area contributed by atoms with E-state index in [2.05, 4.69) is 0 Å². The molecule has 0 bridgehead atoms. The normalized spacial score (nSPS) is 12.4. The highest BCUT2D eigenvalue weighted by molar-refractivity contribution is 6.42. The molecule has 19 heavy (non-hydrogen) atoms. The summed E-state index contributed by atoms with van der Waals surface area (Å²) in [6.07, 6.45) is 1.20. The lowest BCUT2D eigenvalue weighted by Crippen LogP contribution is -2.25. The van der Waals surface area contributed by atoms with E-state index < -0.39 is 0 Å². The molecule has 0 saturated heterocycles. The fourth-order valence-corrected chi connectivity index (χ4v) is 2.42. The minimum Gasteiger partial charge on any atom is -0.327 e. The standard InChI is InChI=1S/C15H14Cl2FN/c16-14-6-2-4-11(15(14)17)9-13(19)8-10-3-1-5-12(18)7-10/h1-7,13H,8-9,19H2. The SMILES string of the molecule is NC(Cc1cccc(F)c1)Cc1cccc(Cl)c1Cl. The number of nitrogens with two attached hydrogens (primary N) is 1. The predicted octanol–water partition coefficient (Wildman–Crippen LogP) is 4.25. The molecule has 2 rings (SSSR count). The number of rotatable bonds is 4. The Hall–Kier alpha value is -1.09. The molecular weight excluding hydrogens is 284 g/mol. The Balaban J connectivity index is 2.05. The molecule has 100 valence electrons. The van der Waals surface area contributed by atoms with Crippen LogP contribution in [-0.4, -0.2) is 6.04 Å². The van der Waals surface area contributed by atoms with Crippen molar-refractivity contribution < 1.29 is 4.39 Å². The Morgan fingerprint density at radius 2 is 1.79 bits per heavy atom. The van der Waals surface area contributed by atoms with E-state index in [0.29, 0.717) is 22.9 Å². The molecule has 0 aliphatic carbocycles. The van der Waals surface area contributed by atoms with Crippen LogP contribution in [0.3, 0.4) is 0 Å². The van der Waals surface area contributed by atoms with Crippen LogP contribution in [0.5, 0.6) is 0 Å². The first-order valence-corrected chi connectivity index (χ1v) is 6.75. The van der Waals surface area contributed by atoms with Gasteiger partial charge in [0.25, 0.3) is 0 Å². The van der Waals surface area contributed by atoms with Gasteiger partial charge in [0.15, 0.2) is 0 Å². The van der Waals surface area contributed by atoms with Gasteiger partial charge in [0, 0.05) is 6.04 Å². The minimum absolute atomic E-state index is 0.127. The van der Waals surface area contributed by atoms with Gasteiger partial charge < -0.3 is 5.73 Å². The molecule has 2 aromatic rings. The van der Waals surface area contributed by atoms with E-state index in [1.165, 1.54) is 12.1 Å². The van der Waals surface area contributed by atoms with Gasteiger partial charge in [-0.1, -0.05) is 47.5 Å². The molecule has 0 heterocycles. The Morgan fingerprint density at radius 1 is 1.05 bits per heavy atom. The molecule has 4 heteroatoms. The molecule has 0 amide bonds. The topological polar surface area (TPSA) is 26.0 Å². The largest absolute Gasteiger partial charge is 0.327 e. The molecule has 1 atom stereocenters. The molecule has 0 aliphatic heterocycles. The lowest BCUT2D eigenvalue weighted by molar-refractivity contribution is 0.618. The summed E-state index contributed by atoms with van der Waals surface area (Å²) >= 11 is 12.1. The molecule has 2 N–H and O–H groups in total. The maximum absolute atomic E-state index is 13.1. The highest BCUT2D eigenvalue weighted by Gasteiger charge is 2.10. The van der Waals surface area contributed by atoms with E-state index in [9.17, 15) is 4.39 Å². The summed E-state index contributed by atoms with van der Waals surface area (Å²) < 4.78 is 13.1. The van der Waals surface area contributed by atoms with E-state index in [-0.39, 0.29) is 11.9 Å². The van der Waals surface area contributed by atoms with Crippen molar-refractivity contribution in [2.75, 3.05) is 0 Å². The van der Waals surface area contributed by atoms with Crippen molar-refractivity contribution in [1.82, 2.24) is 0 Å². The van der Waals surface area contributed by atoms with Crippen molar-refractivity contribution >= 4 is 23.2 Å². The maximum Gasteiger partial charge on any atom is 0.123 e. The summed E-state index contributed by atoms with van der Waals surface area (Å²) in [5.74, 6) is -0.245. The quantitative estimate of drug-likeness (QED) is 0.897. The molecule has 0 saturated carbocycles. The van der Waals surface area contributed by atoms with Gasteiger partial charge in [0.05, 0.1) is 10.0 Å². The second-order valence-electron chi connectivity index (χ2n) is 4.51. The molecule has 0 radical (unpaired) electrons. The summed E-state index contributed by atoms with van der Waals surface area (Å²) in [5.41, 5.74) is 7.88. The van der Waals surface area contributed by atoms with Gasteiger partial charge in [-0.3, -0.25) is 0 Å². The number of hydrogen-bond acceptors (Lipinski definition) is 1.